The van der Waals surface area contributed by atoms with Gasteiger partial charge in [-0.2, -0.15) is 0 Å². The average molecular weight is 548 g/mol. The standard InChI is InChI=1S/C30H33N3O5S/c1-5-39(36,37)23-13-12-22(31-16-23)15-32-29(35)33-17-25(21-9-7-6-8-10-21)30(18-33)28(34)26-20(4)11-14-24(19(2)3)27(26)38-30/h6-14,16,19,25H,5,15,17-18H2,1-4H3,(H,32,35). The number of amides is 2. The lowest BCUT2D eigenvalue weighted by Crippen LogP contribution is -2.48. The Kier molecular flexibility index (Phi) is 6.97. The third kappa shape index (κ3) is 4.69. The normalized spacial score (nSPS) is 20.4. The van der Waals surface area contributed by atoms with E-state index in [0.29, 0.717) is 23.6 Å². The molecule has 204 valence electrons. The summed E-state index contributed by atoms with van der Waals surface area (Å²) in [4.78, 5) is 33.5. The third-order valence-electron chi connectivity index (χ3n) is 7.75. The summed E-state index contributed by atoms with van der Waals surface area (Å²) in [5.41, 5.74) is 2.71. The molecule has 1 spiro atoms. The molecular formula is C30H33N3O5S. The van der Waals surface area contributed by atoms with Gasteiger partial charge in [-0.3, -0.25) is 9.78 Å². The highest BCUT2D eigenvalue weighted by atomic mass is 32.2. The third-order valence-corrected chi connectivity index (χ3v) is 9.47. The summed E-state index contributed by atoms with van der Waals surface area (Å²) >= 11 is 0. The van der Waals surface area contributed by atoms with Crippen LogP contribution in [-0.4, -0.2) is 54.6 Å². The van der Waals surface area contributed by atoms with E-state index in [0.717, 1.165) is 16.7 Å². The molecule has 39 heavy (non-hydrogen) atoms. The van der Waals surface area contributed by atoms with E-state index in [1.165, 1.54) is 12.3 Å². The molecule has 2 atom stereocenters. The number of pyridine rings is 1. The second-order valence-corrected chi connectivity index (χ2v) is 12.8. The Morgan fingerprint density at radius 1 is 1.15 bits per heavy atom. The van der Waals surface area contributed by atoms with Gasteiger partial charge in [0.15, 0.2) is 15.4 Å². The van der Waals surface area contributed by atoms with Crippen molar-refractivity contribution in [2.75, 3.05) is 18.8 Å². The van der Waals surface area contributed by atoms with Crippen LogP contribution >= 0.6 is 0 Å². The fourth-order valence-electron chi connectivity index (χ4n) is 5.50. The molecule has 1 aromatic heterocycles. The van der Waals surface area contributed by atoms with Gasteiger partial charge in [0.1, 0.15) is 5.75 Å². The zero-order chi connectivity index (χ0) is 27.9. The number of ketones is 1. The lowest BCUT2D eigenvalue weighted by Gasteiger charge is -2.28. The molecule has 2 aliphatic heterocycles. The van der Waals surface area contributed by atoms with Gasteiger partial charge in [-0.25, -0.2) is 13.2 Å². The molecule has 3 aromatic rings. The smallest absolute Gasteiger partial charge is 0.317 e. The monoisotopic (exact) mass is 547 g/mol. The molecule has 9 heteroatoms. The van der Waals surface area contributed by atoms with E-state index < -0.39 is 15.4 Å². The molecule has 2 aliphatic rings. The van der Waals surface area contributed by atoms with Gasteiger partial charge in [0.25, 0.3) is 0 Å². The molecule has 3 heterocycles. The lowest BCUT2D eigenvalue weighted by atomic mass is 9.80. The van der Waals surface area contributed by atoms with Crippen LogP contribution in [0.1, 0.15) is 65.3 Å². The number of aryl methyl sites for hydroxylation is 1. The maximum absolute atomic E-state index is 14.1. The van der Waals surface area contributed by atoms with Gasteiger partial charge in [0, 0.05) is 12.7 Å². The largest absolute Gasteiger partial charge is 0.475 e. The summed E-state index contributed by atoms with van der Waals surface area (Å²) in [7, 11) is -3.35. The molecule has 0 radical (unpaired) electrons. The van der Waals surface area contributed by atoms with E-state index in [4.69, 9.17) is 4.74 Å². The quantitative estimate of drug-likeness (QED) is 0.482. The van der Waals surface area contributed by atoms with Crippen molar-refractivity contribution < 1.29 is 22.7 Å². The Morgan fingerprint density at radius 3 is 2.54 bits per heavy atom. The first-order valence-corrected chi connectivity index (χ1v) is 14.9. The zero-order valence-electron chi connectivity index (χ0n) is 22.6. The molecule has 1 saturated heterocycles. The topological polar surface area (TPSA) is 106 Å². The number of aromatic nitrogens is 1. The fourth-order valence-corrected chi connectivity index (χ4v) is 6.32. The number of sulfone groups is 1. The minimum atomic E-state index is -3.35. The lowest BCUT2D eigenvalue weighted by molar-refractivity contribution is 0.0545. The SMILES string of the molecule is CCS(=O)(=O)c1ccc(CNC(=O)N2CC(c3ccccc3)C3(C2)Oc2c(C(C)C)ccc(C)c2C3=O)nc1. The predicted molar refractivity (Wildman–Crippen MR) is 148 cm³/mol. The molecule has 0 aliphatic carbocycles. The van der Waals surface area contributed by atoms with Crippen LogP contribution in [-0.2, 0) is 16.4 Å². The van der Waals surface area contributed by atoms with E-state index in [1.54, 1.807) is 17.9 Å². The number of hydrogen-bond donors (Lipinski definition) is 1. The number of fused-ring (bicyclic) bond motifs is 1. The van der Waals surface area contributed by atoms with Crippen LogP contribution < -0.4 is 10.1 Å². The van der Waals surface area contributed by atoms with Crippen LogP contribution in [0.3, 0.4) is 0 Å². The molecule has 0 saturated carbocycles. The maximum atomic E-state index is 14.1. The first-order chi connectivity index (χ1) is 18.6. The molecule has 2 amide bonds. The molecule has 2 aromatic carbocycles. The number of carbonyl (C=O) groups is 2. The van der Waals surface area contributed by atoms with Gasteiger partial charge in [-0.1, -0.05) is 63.2 Å². The van der Waals surface area contributed by atoms with Gasteiger partial charge >= 0.3 is 6.03 Å². The van der Waals surface area contributed by atoms with Gasteiger partial charge in [-0.05, 0) is 41.7 Å². The number of ether oxygens (including phenoxy) is 1. The van der Waals surface area contributed by atoms with Crippen molar-refractivity contribution >= 4 is 21.7 Å². The van der Waals surface area contributed by atoms with Gasteiger partial charge in [0.2, 0.25) is 5.78 Å². The van der Waals surface area contributed by atoms with E-state index in [2.05, 4.69) is 24.1 Å². The van der Waals surface area contributed by atoms with Crippen molar-refractivity contribution in [2.24, 2.45) is 0 Å². The van der Waals surface area contributed by atoms with Crippen molar-refractivity contribution in [3.05, 3.63) is 88.7 Å². The molecule has 8 nitrogen and oxygen atoms in total. The van der Waals surface area contributed by atoms with Gasteiger partial charge in [-0.15, -0.1) is 0 Å². The highest BCUT2D eigenvalue weighted by Crippen LogP contribution is 2.50. The van der Waals surface area contributed by atoms with Gasteiger partial charge in [0.05, 0.1) is 40.9 Å². The van der Waals surface area contributed by atoms with Crippen LogP contribution in [0, 0.1) is 6.92 Å². The molecule has 2 unspecified atom stereocenters. The van der Waals surface area contributed by atoms with Crippen LogP contribution in [0.5, 0.6) is 5.75 Å². The van der Waals surface area contributed by atoms with Crippen LogP contribution in [0.4, 0.5) is 4.79 Å². The Morgan fingerprint density at radius 2 is 1.90 bits per heavy atom. The van der Waals surface area contributed by atoms with Crippen LogP contribution in [0.2, 0.25) is 0 Å². The first-order valence-electron chi connectivity index (χ1n) is 13.2. The summed E-state index contributed by atoms with van der Waals surface area (Å²) in [5.74, 6) is 0.359. The zero-order valence-corrected chi connectivity index (χ0v) is 23.4. The molecule has 0 bridgehead atoms. The van der Waals surface area contributed by atoms with Crippen molar-refractivity contribution in [2.45, 2.75) is 56.6 Å². The van der Waals surface area contributed by atoms with Crippen molar-refractivity contribution in [1.82, 2.24) is 15.2 Å². The number of likely N-dealkylation sites (tertiary alicyclic amines) is 1. The average Bonchev–Trinajstić information content (AvgIpc) is 3.46. The van der Waals surface area contributed by atoms with Crippen molar-refractivity contribution in [3.8, 4) is 5.75 Å². The second kappa shape index (κ2) is 10.1. The van der Waals surface area contributed by atoms with Crippen molar-refractivity contribution in [1.29, 1.82) is 0 Å². The Labute approximate surface area is 229 Å². The molecule has 5 rings (SSSR count). The van der Waals surface area contributed by atoms with E-state index in [1.807, 2.05) is 49.4 Å². The number of Topliss-reactive ketones (excluding diaryl/α,β-unsaturated/α-hetero) is 1. The summed E-state index contributed by atoms with van der Waals surface area (Å²) < 4.78 is 30.8. The van der Waals surface area contributed by atoms with Crippen LogP contribution in [0.15, 0.2) is 65.7 Å². The summed E-state index contributed by atoms with van der Waals surface area (Å²) in [6.07, 6.45) is 1.31. The predicted octanol–water partition coefficient (Wildman–Crippen LogP) is 4.63. The Hall–Kier alpha value is -3.72. The van der Waals surface area contributed by atoms with E-state index in [9.17, 15) is 18.0 Å². The number of hydrogen-bond acceptors (Lipinski definition) is 6. The molecule has 1 N–H and O–H groups in total. The number of carbonyl (C=O) groups excluding carboxylic acids is 2. The van der Waals surface area contributed by atoms with Crippen LogP contribution in [0.25, 0.3) is 0 Å². The number of nitrogens with zero attached hydrogens (tertiary/aromatic N) is 2. The first kappa shape index (κ1) is 26.9. The van der Waals surface area contributed by atoms with Gasteiger partial charge < -0.3 is 15.0 Å². The highest BCUT2D eigenvalue weighted by molar-refractivity contribution is 7.91. The Balaban J connectivity index is 1.41. The molecule has 1 fully saturated rings. The minimum Gasteiger partial charge on any atom is -0.475 e. The number of urea groups is 1. The Bertz CT molecular complexity index is 1520. The number of rotatable bonds is 6. The second-order valence-electron chi connectivity index (χ2n) is 10.5. The maximum Gasteiger partial charge on any atom is 0.317 e. The number of benzene rings is 2. The van der Waals surface area contributed by atoms with E-state index in [-0.39, 0.29) is 47.4 Å². The molecular weight excluding hydrogens is 514 g/mol. The minimum absolute atomic E-state index is 0.00704. The highest BCUT2D eigenvalue weighted by Gasteiger charge is 2.60. The summed E-state index contributed by atoms with van der Waals surface area (Å²) in [6.45, 7) is 8.20. The van der Waals surface area contributed by atoms with Crippen molar-refractivity contribution in [3.63, 3.8) is 0 Å². The summed E-state index contributed by atoms with van der Waals surface area (Å²) in [6, 6.07) is 16.5. The summed E-state index contributed by atoms with van der Waals surface area (Å²) in [5, 5.41) is 2.88. The number of nitrogens with one attached hydrogen (secondary N) is 1. The van der Waals surface area contributed by atoms with E-state index >= 15 is 0 Å². The fraction of sp³-hybridized carbons (Fsp3) is 0.367.